The third kappa shape index (κ3) is 4.27. The highest BCUT2D eigenvalue weighted by atomic mass is 35.5. The van der Waals surface area contributed by atoms with Crippen LogP contribution in [0.5, 0.6) is 0 Å². The lowest BCUT2D eigenvalue weighted by atomic mass is 10.2. The number of nitro groups is 1. The summed E-state index contributed by atoms with van der Waals surface area (Å²) in [5.74, 6) is 0. The predicted octanol–water partition coefficient (Wildman–Crippen LogP) is 4.64. The number of sulfonamides is 1. The van der Waals surface area contributed by atoms with Crippen molar-refractivity contribution in [1.29, 1.82) is 0 Å². The van der Waals surface area contributed by atoms with Crippen molar-refractivity contribution in [1.82, 2.24) is 0 Å². The maximum Gasteiger partial charge on any atom is 0.272 e. The Bertz CT molecular complexity index is 1060. The van der Waals surface area contributed by atoms with Crippen LogP contribution < -0.4 is 4.31 Å². The Morgan fingerprint density at radius 3 is 2.11 bits per heavy atom. The molecule has 0 N–H and O–H groups in total. The minimum atomic E-state index is -4.09. The zero-order valence-corrected chi connectivity index (χ0v) is 15.6. The van der Waals surface area contributed by atoms with Crippen LogP contribution in [0.25, 0.3) is 0 Å². The normalized spacial score (nSPS) is 11.1. The highest BCUT2D eigenvalue weighted by molar-refractivity contribution is 7.92. The summed E-state index contributed by atoms with van der Waals surface area (Å²) in [5.41, 5.74) is 0.847. The van der Waals surface area contributed by atoms with E-state index in [9.17, 15) is 18.5 Å². The molecule has 0 saturated carbocycles. The monoisotopic (exact) mass is 402 g/mol. The summed E-state index contributed by atoms with van der Waals surface area (Å²) in [4.78, 5) is 10.2. The number of nitro benzene ring substituents is 1. The molecule has 3 aromatic carbocycles. The molecule has 8 heteroatoms. The predicted molar refractivity (Wildman–Crippen MR) is 104 cm³/mol. The zero-order chi connectivity index (χ0) is 19.4. The fourth-order valence-corrected chi connectivity index (χ4v) is 4.40. The molecule has 0 fully saturated rings. The molecule has 0 spiro atoms. The van der Waals surface area contributed by atoms with Crippen molar-refractivity contribution in [2.45, 2.75) is 11.4 Å². The molecule has 3 rings (SSSR count). The lowest BCUT2D eigenvalue weighted by Crippen LogP contribution is -2.30. The van der Waals surface area contributed by atoms with Gasteiger partial charge in [-0.3, -0.25) is 14.4 Å². The molecule has 0 amide bonds. The average Bonchev–Trinajstić information content (AvgIpc) is 2.67. The van der Waals surface area contributed by atoms with Gasteiger partial charge in [-0.05, 0) is 23.8 Å². The number of anilines is 1. The van der Waals surface area contributed by atoms with Gasteiger partial charge in [-0.1, -0.05) is 60.1 Å². The van der Waals surface area contributed by atoms with Crippen molar-refractivity contribution in [3.8, 4) is 0 Å². The number of benzene rings is 3. The first-order valence-corrected chi connectivity index (χ1v) is 9.76. The molecule has 0 atom stereocenters. The molecule has 138 valence electrons. The Hall–Kier alpha value is -2.90. The molecule has 0 aliphatic rings. The molecule has 0 saturated heterocycles. The molecule has 0 heterocycles. The minimum Gasteiger partial charge on any atom is -0.262 e. The highest BCUT2D eigenvalue weighted by Crippen LogP contribution is 2.30. The number of halogens is 1. The smallest absolute Gasteiger partial charge is 0.262 e. The first-order valence-electron chi connectivity index (χ1n) is 7.94. The van der Waals surface area contributed by atoms with Crippen LogP contribution in [0.1, 0.15) is 5.56 Å². The van der Waals surface area contributed by atoms with Crippen LogP contribution in [0.4, 0.5) is 11.4 Å². The zero-order valence-electron chi connectivity index (χ0n) is 14.0. The fourth-order valence-electron chi connectivity index (χ4n) is 2.59. The second-order valence-electron chi connectivity index (χ2n) is 5.74. The minimum absolute atomic E-state index is 0.0181. The van der Waals surface area contributed by atoms with Gasteiger partial charge in [-0.25, -0.2) is 8.42 Å². The van der Waals surface area contributed by atoms with Crippen LogP contribution in [-0.2, 0) is 16.6 Å². The van der Waals surface area contributed by atoms with Gasteiger partial charge in [-0.2, -0.15) is 0 Å². The van der Waals surface area contributed by atoms with Crippen LogP contribution in [0.2, 0.25) is 5.02 Å². The summed E-state index contributed by atoms with van der Waals surface area (Å²) in [6.07, 6.45) is 0. The molecule has 0 aliphatic heterocycles. The van der Waals surface area contributed by atoms with Crippen molar-refractivity contribution in [2.24, 2.45) is 0 Å². The van der Waals surface area contributed by atoms with Crippen molar-refractivity contribution in [3.05, 3.63) is 99.6 Å². The van der Waals surface area contributed by atoms with Gasteiger partial charge in [0.1, 0.15) is 0 Å². The van der Waals surface area contributed by atoms with Gasteiger partial charge in [0, 0.05) is 17.2 Å². The first-order chi connectivity index (χ1) is 12.9. The molecule has 6 nitrogen and oxygen atoms in total. The maximum absolute atomic E-state index is 13.3. The molecule has 3 aromatic rings. The van der Waals surface area contributed by atoms with Crippen molar-refractivity contribution < 1.29 is 13.3 Å². The van der Waals surface area contributed by atoms with E-state index in [0.29, 0.717) is 5.69 Å². The van der Waals surface area contributed by atoms with Crippen LogP contribution in [0.15, 0.2) is 83.8 Å². The van der Waals surface area contributed by atoms with Crippen LogP contribution in [0.3, 0.4) is 0 Å². The molecule has 0 radical (unpaired) electrons. The lowest BCUT2D eigenvalue weighted by molar-refractivity contribution is -0.385. The van der Waals surface area contributed by atoms with E-state index in [0.717, 1.165) is 17.7 Å². The third-order valence-corrected chi connectivity index (χ3v) is 5.84. The Kier molecular flexibility index (Phi) is 5.43. The van der Waals surface area contributed by atoms with E-state index in [2.05, 4.69) is 0 Å². The van der Waals surface area contributed by atoms with E-state index in [4.69, 9.17) is 11.6 Å². The second-order valence-corrected chi connectivity index (χ2v) is 8.03. The summed E-state index contributed by atoms with van der Waals surface area (Å²) in [5, 5.41) is 11.1. The average molecular weight is 403 g/mol. The van der Waals surface area contributed by atoms with Crippen LogP contribution in [-0.4, -0.2) is 13.3 Å². The van der Waals surface area contributed by atoms with Crippen LogP contribution in [0, 0.1) is 10.1 Å². The Labute approximate surface area is 161 Å². The Morgan fingerprint density at radius 2 is 1.52 bits per heavy atom. The van der Waals surface area contributed by atoms with Gasteiger partial charge in [-0.15, -0.1) is 0 Å². The van der Waals surface area contributed by atoms with E-state index in [1.165, 1.54) is 10.4 Å². The molecule has 0 unspecified atom stereocenters. The molecule has 0 aliphatic carbocycles. The second kappa shape index (κ2) is 7.77. The summed E-state index contributed by atoms with van der Waals surface area (Å²) in [6.45, 7) is 0.0769. The van der Waals surface area contributed by atoms with Gasteiger partial charge in [0.2, 0.25) is 0 Å². The lowest BCUT2D eigenvalue weighted by Gasteiger charge is -2.24. The first kappa shape index (κ1) is 18.9. The molecular weight excluding hydrogens is 388 g/mol. The Morgan fingerprint density at radius 1 is 0.926 bits per heavy atom. The largest absolute Gasteiger partial charge is 0.272 e. The summed E-state index contributed by atoms with van der Waals surface area (Å²) < 4.78 is 27.8. The third-order valence-electron chi connectivity index (χ3n) is 3.87. The quantitative estimate of drug-likeness (QED) is 0.444. The standard InChI is InChI=1S/C19H15ClN2O4S/c20-16-11-18(22(23)24)13-19(12-16)27(25,26)21(17-9-5-2-6-10-17)14-15-7-3-1-4-8-15/h1-13H,14H2. The van der Waals surface area contributed by atoms with Gasteiger partial charge in [0.15, 0.2) is 0 Å². The molecule has 27 heavy (non-hydrogen) atoms. The van der Waals surface area contributed by atoms with Gasteiger partial charge >= 0.3 is 0 Å². The number of rotatable bonds is 6. The number of hydrogen-bond acceptors (Lipinski definition) is 4. The molecular formula is C19H15ClN2O4S. The van der Waals surface area contributed by atoms with Gasteiger partial charge in [0.25, 0.3) is 15.7 Å². The number of non-ortho nitro benzene ring substituents is 1. The number of para-hydroxylation sites is 1. The van der Waals surface area contributed by atoms with E-state index in [-0.39, 0.29) is 22.2 Å². The summed E-state index contributed by atoms with van der Waals surface area (Å²) in [6, 6.07) is 21.0. The van der Waals surface area contributed by atoms with E-state index in [1.54, 1.807) is 30.3 Å². The van der Waals surface area contributed by atoms with Gasteiger partial charge in [0.05, 0.1) is 22.1 Å². The SMILES string of the molecule is O=[N+]([O-])c1cc(Cl)cc(S(=O)(=O)N(Cc2ccccc2)c2ccccc2)c1. The Balaban J connectivity index is 2.12. The molecule has 0 aromatic heterocycles. The number of nitrogens with zero attached hydrogens (tertiary/aromatic N) is 2. The van der Waals surface area contributed by atoms with E-state index < -0.39 is 14.9 Å². The summed E-state index contributed by atoms with van der Waals surface area (Å²) in [7, 11) is -4.09. The fraction of sp³-hybridized carbons (Fsp3) is 0.0526. The van der Waals surface area contributed by atoms with E-state index in [1.807, 2.05) is 30.3 Å². The topological polar surface area (TPSA) is 80.5 Å². The van der Waals surface area contributed by atoms with Crippen molar-refractivity contribution in [2.75, 3.05) is 4.31 Å². The highest BCUT2D eigenvalue weighted by Gasteiger charge is 2.27. The van der Waals surface area contributed by atoms with Crippen LogP contribution >= 0.6 is 11.6 Å². The van der Waals surface area contributed by atoms with Gasteiger partial charge < -0.3 is 0 Å². The van der Waals surface area contributed by atoms with E-state index >= 15 is 0 Å². The van der Waals surface area contributed by atoms with Crippen molar-refractivity contribution in [3.63, 3.8) is 0 Å². The van der Waals surface area contributed by atoms with Crippen molar-refractivity contribution >= 4 is 33.0 Å². The molecule has 0 bridgehead atoms. The summed E-state index contributed by atoms with van der Waals surface area (Å²) >= 11 is 5.92. The maximum atomic E-state index is 13.3. The number of hydrogen-bond donors (Lipinski definition) is 0.